The molecule has 1 saturated heterocycles. The van der Waals surface area contributed by atoms with Crippen molar-refractivity contribution in [1.82, 2.24) is 5.32 Å². The van der Waals surface area contributed by atoms with Gasteiger partial charge in [-0.15, -0.1) is 0 Å². The van der Waals surface area contributed by atoms with Crippen LogP contribution >= 0.6 is 0 Å². The quantitative estimate of drug-likeness (QED) is 0.833. The highest BCUT2D eigenvalue weighted by Gasteiger charge is 2.32. The maximum atomic E-state index is 9.47. The summed E-state index contributed by atoms with van der Waals surface area (Å²) in [6.45, 7) is 4.39. The zero-order chi connectivity index (χ0) is 12.3. The van der Waals surface area contributed by atoms with Crippen LogP contribution in [0.15, 0.2) is 24.3 Å². The molecule has 0 spiro atoms. The molecule has 0 amide bonds. The third-order valence-corrected chi connectivity index (χ3v) is 4.01. The van der Waals surface area contributed by atoms with E-state index in [9.17, 15) is 5.11 Å². The van der Waals surface area contributed by atoms with Gasteiger partial charge in [0.15, 0.2) is 0 Å². The maximum Gasteiger partial charge on any atom is 0.0614 e. The van der Waals surface area contributed by atoms with E-state index in [1.165, 1.54) is 11.3 Å². The van der Waals surface area contributed by atoms with Crippen LogP contribution in [-0.4, -0.2) is 37.4 Å². The summed E-state index contributed by atoms with van der Waals surface area (Å²) in [5, 5.41) is 12.7. The zero-order valence-corrected chi connectivity index (χ0v) is 10.7. The molecule has 0 unspecified atom stereocenters. The molecule has 0 atom stereocenters. The third-order valence-electron chi connectivity index (χ3n) is 4.01. The van der Waals surface area contributed by atoms with Crippen LogP contribution in [0.2, 0.25) is 0 Å². The molecule has 17 heavy (non-hydrogen) atoms. The molecule has 0 aromatic heterocycles. The van der Waals surface area contributed by atoms with Crippen molar-refractivity contribution >= 4 is 5.69 Å². The van der Waals surface area contributed by atoms with Gasteiger partial charge in [0.25, 0.3) is 0 Å². The van der Waals surface area contributed by atoms with E-state index in [4.69, 9.17) is 0 Å². The highest BCUT2D eigenvalue weighted by atomic mass is 16.3. The van der Waals surface area contributed by atoms with Crippen molar-refractivity contribution in [2.45, 2.75) is 25.3 Å². The lowest BCUT2D eigenvalue weighted by Crippen LogP contribution is -2.54. The second-order valence-corrected chi connectivity index (χ2v) is 4.96. The zero-order valence-electron chi connectivity index (χ0n) is 10.7. The molecule has 1 aromatic rings. The molecule has 3 heteroatoms. The summed E-state index contributed by atoms with van der Waals surface area (Å²) < 4.78 is 0. The Morgan fingerprint density at radius 1 is 1.29 bits per heavy atom. The summed E-state index contributed by atoms with van der Waals surface area (Å²) in [6.07, 6.45) is 1.99. The average molecular weight is 234 g/mol. The van der Waals surface area contributed by atoms with Gasteiger partial charge in [-0.3, -0.25) is 0 Å². The van der Waals surface area contributed by atoms with Gasteiger partial charge in [0.2, 0.25) is 0 Å². The largest absolute Gasteiger partial charge is 0.394 e. The molecule has 1 aliphatic heterocycles. The first-order valence-corrected chi connectivity index (χ1v) is 6.31. The molecule has 0 aliphatic carbocycles. The molecule has 3 nitrogen and oxygen atoms in total. The van der Waals surface area contributed by atoms with Gasteiger partial charge < -0.3 is 15.3 Å². The second-order valence-electron chi connectivity index (χ2n) is 4.96. The summed E-state index contributed by atoms with van der Waals surface area (Å²) >= 11 is 0. The predicted octanol–water partition coefficient (Wildman–Crippen LogP) is 1.55. The number of nitrogens with zero attached hydrogens (tertiary/aromatic N) is 1. The average Bonchev–Trinajstić information content (AvgIpc) is 2.40. The van der Waals surface area contributed by atoms with Crippen molar-refractivity contribution < 1.29 is 5.11 Å². The molecular formula is C14H22N2O. The van der Waals surface area contributed by atoms with Gasteiger partial charge in [-0.2, -0.15) is 0 Å². The van der Waals surface area contributed by atoms with E-state index in [-0.39, 0.29) is 12.1 Å². The van der Waals surface area contributed by atoms with Gasteiger partial charge in [0.05, 0.1) is 6.61 Å². The highest BCUT2D eigenvalue weighted by molar-refractivity contribution is 5.53. The monoisotopic (exact) mass is 234 g/mol. The van der Waals surface area contributed by atoms with Gasteiger partial charge in [0.1, 0.15) is 0 Å². The van der Waals surface area contributed by atoms with E-state index >= 15 is 0 Å². The minimum atomic E-state index is -0.0703. The fraction of sp³-hybridized carbons (Fsp3) is 0.571. The normalized spacial score (nSPS) is 19.4. The lowest BCUT2D eigenvalue weighted by atomic mass is 9.88. The molecule has 1 aliphatic rings. The number of para-hydroxylation sites is 1. The first-order valence-electron chi connectivity index (χ1n) is 6.31. The minimum absolute atomic E-state index is 0.0703. The summed E-state index contributed by atoms with van der Waals surface area (Å²) in [6, 6.07) is 8.50. The van der Waals surface area contributed by atoms with Crippen molar-refractivity contribution in [2.75, 3.05) is 31.6 Å². The topological polar surface area (TPSA) is 35.5 Å². The Morgan fingerprint density at radius 2 is 1.94 bits per heavy atom. The van der Waals surface area contributed by atoms with Gasteiger partial charge in [-0.1, -0.05) is 18.2 Å². The number of aryl methyl sites for hydroxylation is 1. The Morgan fingerprint density at radius 3 is 2.47 bits per heavy atom. The van der Waals surface area contributed by atoms with Crippen molar-refractivity contribution in [3.63, 3.8) is 0 Å². The Hall–Kier alpha value is -1.06. The Kier molecular flexibility index (Phi) is 3.69. The smallest absolute Gasteiger partial charge is 0.0614 e. The molecule has 1 fully saturated rings. The fourth-order valence-corrected chi connectivity index (χ4v) is 2.58. The number of aliphatic hydroxyl groups is 1. The van der Waals surface area contributed by atoms with Crippen LogP contribution in [0.4, 0.5) is 5.69 Å². The van der Waals surface area contributed by atoms with E-state index < -0.39 is 0 Å². The predicted molar refractivity (Wildman–Crippen MR) is 71.5 cm³/mol. The number of piperidine rings is 1. The Bertz CT molecular complexity index is 364. The summed E-state index contributed by atoms with van der Waals surface area (Å²) in [7, 11) is 1.94. The van der Waals surface area contributed by atoms with Gasteiger partial charge >= 0.3 is 0 Å². The summed E-state index contributed by atoms with van der Waals surface area (Å²) in [5.74, 6) is 0. The van der Waals surface area contributed by atoms with Gasteiger partial charge in [0, 0.05) is 24.3 Å². The molecular weight excluding hydrogens is 212 g/mol. The molecule has 1 heterocycles. The van der Waals surface area contributed by atoms with E-state index in [2.05, 4.69) is 41.4 Å². The SMILES string of the molecule is CNC1(CO)CCN(c2ccccc2C)CC1. The standard InChI is InChI=1S/C14H22N2O/c1-12-5-3-4-6-13(12)16-9-7-14(11-17,15-2)8-10-16/h3-6,15,17H,7-11H2,1-2H3. The van der Waals surface area contributed by atoms with Crippen molar-refractivity contribution in [3.8, 4) is 0 Å². The number of hydrogen-bond acceptors (Lipinski definition) is 3. The fourth-order valence-electron chi connectivity index (χ4n) is 2.58. The summed E-state index contributed by atoms with van der Waals surface area (Å²) in [5.41, 5.74) is 2.59. The number of aliphatic hydroxyl groups excluding tert-OH is 1. The molecule has 2 rings (SSSR count). The molecule has 0 saturated carbocycles. The lowest BCUT2D eigenvalue weighted by Gasteiger charge is -2.42. The number of rotatable bonds is 3. The van der Waals surface area contributed by atoms with Crippen molar-refractivity contribution in [1.29, 1.82) is 0 Å². The van der Waals surface area contributed by atoms with Crippen LogP contribution in [0.3, 0.4) is 0 Å². The van der Waals surface area contributed by atoms with Gasteiger partial charge in [-0.05, 0) is 38.4 Å². The number of hydrogen-bond donors (Lipinski definition) is 2. The maximum absolute atomic E-state index is 9.47. The Balaban J connectivity index is 2.07. The van der Waals surface area contributed by atoms with E-state index in [1.807, 2.05) is 7.05 Å². The second kappa shape index (κ2) is 5.07. The number of benzene rings is 1. The van der Waals surface area contributed by atoms with Crippen LogP contribution in [0.25, 0.3) is 0 Å². The molecule has 2 N–H and O–H groups in total. The Labute approximate surface area is 103 Å². The first kappa shape index (κ1) is 12.4. The first-order chi connectivity index (χ1) is 8.21. The van der Waals surface area contributed by atoms with E-state index in [0.29, 0.717) is 0 Å². The highest BCUT2D eigenvalue weighted by Crippen LogP contribution is 2.27. The third kappa shape index (κ3) is 2.45. The van der Waals surface area contributed by atoms with Crippen LogP contribution in [0, 0.1) is 6.92 Å². The molecule has 0 bridgehead atoms. The minimum Gasteiger partial charge on any atom is -0.394 e. The van der Waals surface area contributed by atoms with Crippen LogP contribution < -0.4 is 10.2 Å². The number of likely N-dealkylation sites (N-methyl/N-ethyl adjacent to an activating group) is 1. The van der Waals surface area contributed by atoms with E-state index in [0.717, 1.165) is 25.9 Å². The van der Waals surface area contributed by atoms with Crippen LogP contribution in [-0.2, 0) is 0 Å². The van der Waals surface area contributed by atoms with Crippen LogP contribution in [0.1, 0.15) is 18.4 Å². The number of nitrogens with one attached hydrogen (secondary N) is 1. The van der Waals surface area contributed by atoms with Crippen LogP contribution in [0.5, 0.6) is 0 Å². The number of anilines is 1. The van der Waals surface area contributed by atoms with E-state index in [1.54, 1.807) is 0 Å². The lowest BCUT2D eigenvalue weighted by molar-refractivity contribution is 0.142. The van der Waals surface area contributed by atoms with Crippen molar-refractivity contribution in [2.24, 2.45) is 0 Å². The summed E-state index contributed by atoms with van der Waals surface area (Å²) in [4.78, 5) is 2.42. The van der Waals surface area contributed by atoms with Gasteiger partial charge in [-0.25, -0.2) is 0 Å². The molecule has 1 aromatic carbocycles. The van der Waals surface area contributed by atoms with Crippen molar-refractivity contribution in [3.05, 3.63) is 29.8 Å². The molecule has 94 valence electrons. The molecule has 0 radical (unpaired) electrons.